The zero-order valence-electron chi connectivity index (χ0n) is 12.2. The predicted molar refractivity (Wildman–Crippen MR) is 81.6 cm³/mol. The number of nitrogens with one attached hydrogen (secondary N) is 2. The molecule has 0 radical (unpaired) electrons. The summed E-state index contributed by atoms with van der Waals surface area (Å²) in [5, 5.41) is 4.84. The molecule has 1 aromatic heterocycles. The summed E-state index contributed by atoms with van der Waals surface area (Å²) in [6.07, 6.45) is 0. The molecule has 0 saturated heterocycles. The minimum Gasteiger partial charge on any atom is -0.379 e. The minimum absolute atomic E-state index is 0.287. The van der Waals surface area contributed by atoms with E-state index >= 15 is 0 Å². The van der Waals surface area contributed by atoms with Crippen molar-refractivity contribution in [2.45, 2.75) is 10.8 Å². The van der Waals surface area contributed by atoms with Crippen LogP contribution >= 0.6 is 11.3 Å². The summed E-state index contributed by atoms with van der Waals surface area (Å²) < 4.78 is 32.2. The third kappa shape index (κ3) is 6.29. The molecule has 20 heavy (non-hydrogen) atoms. The zero-order chi connectivity index (χ0) is 15.0. The molecule has 0 aliphatic heterocycles. The van der Waals surface area contributed by atoms with E-state index in [1.165, 1.54) is 11.3 Å². The molecule has 0 bridgehead atoms. The van der Waals surface area contributed by atoms with Gasteiger partial charge < -0.3 is 15.0 Å². The van der Waals surface area contributed by atoms with Gasteiger partial charge in [0.25, 0.3) is 0 Å². The van der Waals surface area contributed by atoms with Gasteiger partial charge in [-0.2, -0.15) is 0 Å². The molecule has 0 amide bonds. The molecule has 0 aromatic carbocycles. The van der Waals surface area contributed by atoms with Crippen LogP contribution in [0.3, 0.4) is 0 Å². The highest BCUT2D eigenvalue weighted by molar-refractivity contribution is 7.91. The maximum Gasteiger partial charge on any atom is 0.250 e. The Kier molecular flexibility index (Phi) is 7.63. The Balaban J connectivity index is 2.33. The lowest BCUT2D eigenvalue weighted by atomic mass is 10.3. The van der Waals surface area contributed by atoms with Crippen molar-refractivity contribution >= 4 is 21.4 Å². The number of ether oxygens (including phenoxy) is 1. The van der Waals surface area contributed by atoms with Crippen LogP contribution in [-0.4, -0.2) is 60.8 Å². The van der Waals surface area contributed by atoms with E-state index in [4.69, 9.17) is 4.74 Å². The molecule has 116 valence electrons. The fraction of sp³-hybridized carbons (Fsp3) is 0.667. The largest absolute Gasteiger partial charge is 0.379 e. The Labute approximate surface area is 125 Å². The molecule has 0 aliphatic carbocycles. The molecular formula is C12H23N3O3S2. The van der Waals surface area contributed by atoms with Gasteiger partial charge in [-0.05, 0) is 38.2 Å². The van der Waals surface area contributed by atoms with Gasteiger partial charge >= 0.3 is 0 Å². The molecule has 1 aromatic rings. The van der Waals surface area contributed by atoms with Crippen molar-refractivity contribution in [3.63, 3.8) is 0 Å². The van der Waals surface area contributed by atoms with E-state index in [2.05, 4.69) is 10.0 Å². The van der Waals surface area contributed by atoms with Gasteiger partial charge in [0.2, 0.25) is 10.0 Å². The lowest BCUT2D eigenvalue weighted by Gasteiger charge is -2.10. The molecule has 6 nitrogen and oxygen atoms in total. The van der Waals surface area contributed by atoms with E-state index in [0.717, 1.165) is 12.1 Å². The van der Waals surface area contributed by atoms with Crippen molar-refractivity contribution in [2.24, 2.45) is 0 Å². The summed E-state index contributed by atoms with van der Waals surface area (Å²) >= 11 is 1.23. The minimum atomic E-state index is -3.41. The van der Waals surface area contributed by atoms with Gasteiger partial charge in [-0.25, -0.2) is 13.1 Å². The summed E-state index contributed by atoms with van der Waals surface area (Å²) in [6, 6.07) is 1.69. The van der Waals surface area contributed by atoms with Crippen molar-refractivity contribution in [3.8, 4) is 0 Å². The average molecular weight is 321 g/mol. The second-order valence-electron chi connectivity index (χ2n) is 4.62. The number of nitrogens with zero attached hydrogens (tertiary/aromatic N) is 1. The summed E-state index contributed by atoms with van der Waals surface area (Å²) in [7, 11) is 2.35. The highest BCUT2D eigenvalue weighted by atomic mass is 32.2. The lowest BCUT2D eigenvalue weighted by Crippen LogP contribution is -2.28. The van der Waals surface area contributed by atoms with E-state index < -0.39 is 10.0 Å². The van der Waals surface area contributed by atoms with Crippen LogP contribution in [0.1, 0.15) is 5.56 Å². The van der Waals surface area contributed by atoms with Gasteiger partial charge in [0.05, 0.1) is 13.2 Å². The van der Waals surface area contributed by atoms with Crippen molar-refractivity contribution in [3.05, 3.63) is 17.0 Å². The van der Waals surface area contributed by atoms with E-state index in [1.807, 2.05) is 31.4 Å². The number of sulfonamides is 1. The average Bonchev–Trinajstić information content (AvgIpc) is 2.83. The third-order valence-corrected chi connectivity index (χ3v) is 5.45. The Morgan fingerprint density at radius 3 is 2.75 bits per heavy atom. The van der Waals surface area contributed by atoms with Crippen molar-refractivity contribution in [2.75, 3.05) is 47.4 Å². The van der Waals surface area contributed by atoms with Gasteiger partial charge in [0.1, 0.15) is 4.21 Å². The summed E-state index contributed by atoms with van der Waals surface area (Å²) in [5.74, 6) is 0. The maximum absolute atomic E-state index is 12.0. The Bertz CT molecular complexity index is 486. The zero-order valence-corrected chi connectivity index (χ0v) is 13.8. The molecule has 0 fully saturated rings. The van der Waals surface area contributed by atoms with Crippen LogP contribution in [0.2, 0.25) is 0 Å². The second kappa shape index (κ2) is 8.71. The lowest BCUT2D eigenvalue weighted by molar-refractivity contribution is 0.122. The highest BCUT2D eigenvalue weighted by Gasteiger charge is 2.15. The summed E-state index contributed by atoms with van der Waals surface area (Å²) in [4.78, 5) is 2.01. The SMILES string of the molecule is CNCc1csc(S(=O)(=O)NCCOCCN(C)C)c1. The first-order valence-corrected chi connectivity index (χ1v) is 8.76. The van der Waals surface area contributed by atoms with Crippen LogP contribution in [0.25, 0.3) is 0 Å². The number of hydrogen-bond acceptors (Lipinski definition) is 6. The molecular weight excluding hydrogens is 298 g/mol. The van der Waals surface area contributed by atoms with E-state index in [0.29, 0.717) is 24.0 Å². The highest BCUT2D eigenvalue weighted by Crippen LogP contribution is 2.19. The Morgan fingerprint density at radius 1 is 1.35 bits per heavy atom. The maximum atomic E-state index is 12.0. The first-order valence-electron chi connectivity index (χ1n) is 6.40. The van der Waals surface area contributed by atoms with Gasteiger partial charge in [0, 0.05) is 19.6 Å². The van der Waals surface area contributed by atoms with Crippen LogP contribution in [-0.2, 0) is 21.3 Å². The van der Waals surface area contributed by atoms with E-state index in [1.54, 1.807) is 6.07 Å². The van der Waals surface area contributed by atoms with Gasteiger partial charge in [-0.3, -0.25) is 0 Å². The Morgan fingerprint density at radius 2 is 2.10 bits per heavy atom. The smallest absolute Gasteiger partial charge is 0.250 e. The molecule has 2 N–H and O–H groups in total. The molecule has 1 heterocycles. The molecule has 1 rings (SSSR count). The normalized spacial score (nSPS) is 12.2. The van der Waals surface area contributed by atoms with Crippen LogP contribution in [0.4, 0.5) is 0 Å². The number of hydrogen-bond donors (Lipinski definition) is 2. The summed E-state index contributed by atoms with van der Waals surface area (Å²) in [6.45, 7) is 2.75. The monoisotopic (exact) mass is 321 g/mol. The van der Waals surface area contributed by atoms with Gasteiger partial charge in [0.15, 0.2) is 0 Å². The quantitative estimate of drug-likeness (QED) is 0.608. The van der Waals surface area contributed by atoms with Crippen LogP contribution in [0.15, 0.2) is 15.7 Å². The first-order chi connectivity index (χ1) is 9.45. The van der Waals surface area contributed by atoms with Gasteiger partial charge in [-0.1, -0.05) is 0 Å². The number of rotatable bonds is 10. The molecule has 8 heteroatoms. The predicted octanol–water partition coefficient (Wildman–Crippen LogP) is 0.324. The molecule has 0 unspecified atom stereocenters. The summed E-state index contributed by atoms with van der Waals surface area (Å²) in [5.41, 5.74) is 0.972. The molecule has 0 spiro atoms. The number of thiophene rings is 1. The van der Waals surface area contributed by atoms with Crippen molar-refractivity contribution < 1.29 is 13.2 Å². The standard InChI is InChI=1S/C12H23N3O3S2/c1-13-9-11-8-12(19-10-11)20(16,17)14-4-6-18-7-5-15(2)3/h8,10,13-14H,4-7,9H2,1-3H3. The number of likely N-dealkylation sites (N-methyl/N-ethyl adjacent to an activating group) is 1. The van der Waals surface area contributed by atoms with Crippen molar-refractivity contribution in [1.82, 2.24) is 14.9 Å². The topological polar surface area (TPSA) is 70.7 Å². The van der Waals surface area contributed by atoms with Crippen molar-refractivity contribution in [1.29, 1.82) is 0 Å². The third-order valence-electron chi connectivity index (χ3n) is 2.50. The first kappa shape index (κ1) is 17.5. The molecule has 0 saturated carbocycles. The molecule has 0 atom stereocenters. The van der Waals surface area contributed by atoms with Crippen LogP contribution in [0.5, 0.6) is 0 Å². The second-order valence-corrected chi connectivity index (χ2v) is 7.52. The van der Waals surface area contributed by atoms with E-state index in [-0.39, 0.29) is 6.54 Å². The molecule has 0 aliphatic rings. The fourth-order valence-corrected chi connectivity index (χ4v) is 3.73. The van der Waals surface area contributed by atoms with Gasteiger partial charge in [-0.15, -0.1) is 11.3 Å². The van der Waals surface area contributed by atoms with Crippen LogP contribution in [0, 0.1) is 0 Å². The Hall–Kier alpha value is -0.510. The van der Waals surface area contributed by atoms with E-state index in [9.17, 15) is 8.42 Å². The van der Waals surface area contributed by atoms with Crippen LogP contribution < -0.4 is 10.0 Å². The fourth-order valence-electron chi connectivity index (χ4n) is 1.46.